The summed E-state index contributed by atoms with van der Waals surface area (Å²) < 4.78 is 1.95. The fraction of sp³-hybridized carbons (Fsp3) is 0.263. The van der Waals surface area contributed by atoms with Crippen molar-refractivity contribution in [1.29, 1.82) is 0 Å². The highest BCUT2D eigenvalue weighted by molar-refractivity contribution is 5.68. The van der Waals surface area contributed by atoms with E-state index in [0.29, 0.717) is 23.7 Å². The molecule has 0 spiro atoms. The van der Waals surface area contributed by atoms with Crippen LogP contribution < -0.4 is 28.1 Å². The van der Waals surface area contributed by atoms with Crippen LogP contribution in [0.1, 0.15) is 27.8 Å². The molecule has 140 valence electrons. The molecule has 0 fully saturated rings. The van der Waals surface area contributed by atoms with Crippen molar-refractivity contribution in [1.82, 2.24) is 20.1 Å². The Morgan fingerprint density at radius 2 is 2.04 bits per heavy atom. The standard InChI is InChI=1S/C19H24N8/c20-17-7-16(18(21)19(25-17)26-22)6-13-8-24-27(11-13)10-12-1-2-15-9-23-4-3-14(15)5-12/h1-2,5,7-8,11,23H,3-4,6,9-10,21-22H2,(H3,20,25,26). The van der Waals surface area contributed by atoms with Crippen LogP contribution in [-0.2, 0) is 25.9 Å². The molecule has 1 aliphatic rings. The Labute approximate surface area is 157 Å². The number of anilines is 3. The Morgan fingerprint density at radius 1 is 1.15 bits per heavy atom. The van der Waals surface area contributed by atoms with Crippen molar-refractivity contribution in [3.05, 3.63) is 64.5 Å². The zero-order valence-corrected chi connectivity index (χ0v) is 15.1. The highest BCUT2D eigenvalue weighted by Crippen LogP contribution is 2.25. The Bertz CT molecular complexity index is 962. The van der Waals surface area contributed by atoms with Crippen molar-refractivity contribution in [3.63, 3.8) is 0 Å². The average Bonchev–Trinajstić information content (AvgIpc) is 3.11. The molecule has 8 nitrogen and oxygen atoms in total. The number of nitrogens with one attached hydrogen (secondary N) is 2. The van der Waals surface area contributed by atoms with Crippen LogP contribution in [-0.4, -0.2) is 21.3 Å². The van der Waals surface area contributed by atoms with Gasteiger partial charge in [0.1, 0.15) is 5.82 Å². The lowest BCUT2D eigenvalue weighted by Gasteiger charge is -2.17. The smallest absolute Gasteiger partial charge is 0.165 e. The number of nitrogens with zero attached hydrogens (tertiary/aromatic N) is 3. The van der Waals surface area contributed by atoms with Gasteiger partial charge in [-0.2, -0.15) is 5.10 Å². The number of nitrogens with two attached hydrogens (primary N) is 3. The second-order valence-corrected chi connectivity index (χ2v) is 6.87. The third kappa shape index (κ3) is 3.71. The summed E-state index contributed by atoms with van der Waals surface area (Å²) in [6.07, 6.45) is 5.58. The molecular weight excluding hydrogens is 340 g/mol. The molecule has 1 aliphatic heterocycles. The molecule has 0 unspecified atom stereocenters. The van der Waals surface area contributed by atoms with E-state index < -0.39 is 0 Å². The van der Waals surface area contributed by atoms with E-state index in [1.54, 1.807) is 6.07 Å². The number of rotatable bonds is 5. The highest BCUT2D eigenvalue weighted by Gasteiger charge is 2.11. The van der Waals surface area contributed by atoms with Crippen LogP contribution in [0.5, 0.6) is 0 Å². The van der Waals surface area contributed by atoms with Crippen LogP contribution in [0.25, 0.3) is 0 Å². The predicted molar refractivity (Wildman–Crippen MR) is 107 cm³/mol. The van der Waals surface area contributed by atoms with Crippen LogP contribution in [0.2, 0.25) is 0 Å². The third-order valence-electron chi connectivity index (χ3n) is 4.88. The van der Waals surface area contributed by atoms with Crippen LogP contribution >= 0.6 is 0 Å². The van der Waals surface area contributed by atoms with Gasteiger partial charge in [0, 0.05) is 19.2 Å². The fourth-order valence-corrected chi connectivity index (χ4v) is 3.51. The molecule has 8 N–H and O–H groups in total. The molecule has 0 radical (unpaired) electrons. The summed E-state index contributed by atoms with van der Waals surface area (Å²) in [6, 6.07) is 8.44. The number of aromatic nitrogens is 3. The molecule has 0 amide bonds. The SMILES string of the molecule is NNc1nc(N)cc(Cc2cnn(Cc3ccc4c(c3)CCNC4)c2)c1N. The average molecular weight is 364 g/mol. The van der Waals surface area contributed by atoms with E-state index in [4.69, 9.17) is 17.3 Å². The molecule has 2 aromatic heterocycles. The summed E-state index contributed by atoms with van der Waals surface area (Å²) in [4.78, 5) is 4.08. The van der Waals surface area contributed by atoms with E-state index in [2.05, 4.69) is 39.0 Å². The lowest BCUT2D eigenvalue weighted by Crippen LogP contribution is -2.23. The second-order valence-electron chi connectivity index (χ2n) is 6.87. The minimum Gasteiger partial charge on any atom is -0.395 e. The van der Waals surface area contributed by atoms with E-state index in [1.807, 2.05) is 17.1 Å². The van der Waals surface area contributed by atoms with Crippen molar-refractivity contribution in [3.8, 4) is 0 Å². The number of nitrogen functional groups attached to an aromatic ring is 3. The Balaban J connectivity index is 1.50. The molecule has 0 saturated heterocycles. The summed E-state index contributed by atoms with van der Waals surface area (Å²) in [7, 11) is 0. The number of fused-ring (bicyclic) bond motifs is 1. The Hall–Kier alpha value is -3.10. The van der Waals surface area contributed by atoms with E-state index in [9.17, 15) is 0 Å². The Morgan fingerprint density at radius 3 is 2.89 bits per heavy atom. The molecular formula is C19H24N8. The quantitative estimate of drug-likeness (QED) is 0.337. The van der Waals surface area contributed by atoms with E-state index in [-0.39, 0.29) is 0 Å². The van der Waals surface area contributed by atoms with Gasteiger partial charge in [-0.15, -0.1) is 0 Å². The van der Waals surface area contributed by atoms with E-state index in [0.717, 1.165) is 37.2 Å². The topological polar surface area (TPSA) is 133 Å². The maximum atomic E-state index is 6.11. The minimum atomic E-state index is 0.378. The largest absolute Gasteiger partial charge is 0.395 e. The van der Waals surface area contributed by atoms with Crippen molar-refractivity contribution in [2.24, 2.45) is 5.84 Å². The second kappa shape index (κ2) is 7.26. The number of hydrazine groups is 1. The maximum Gasteiger partial charge on any atom is 0.165 e. The first-order chi connectivity index (χ1) is 13.1. The van der Waals surface area contributed by atoms with Gasteiger partial charge in [0.25, 0.3) is 0 Å². The number of pyridine rings is 1. The summed E-state index contributed by atoms with van der Waals surface area (Å²) in [5.74, 6) is 6.22. The van der Waals surface area contributed by atoms with Crippen LogP contribution in [0.15, 0.2) is 36.7 Å². The van der Waals surface area contributed by atoms with Gasteiger partial charge in [-0.05, 0) is 46.8 Å². The minimum absolute atomic E-state index is 0.378. The molecule has 3 aromatic rings. The fourth-order valence-electron chi connectivity index (χ4n) is 3.51. The van der Waals surface area contributed by atoms with Gasteiger partial charge in [0.05, 0.1) is 18.4 Å². The van der Waals surface area contributed by atoms with Crippen molar-refractivity contribution in [2.45, 2.75) is 25.9 Å². The summed E-state index contributed by atoms with van der Waals surface area (Å²) in [5, 5.41) is 7.89. The third-order valence-corrected chi connectivity index (χ3v) is 4.88. The van der Waals surface area contributed by atoms with Gasteiger partial charge in [-0.3, -0.25) is 4.68 Å². The lowest BCUT2D eigenvalue weighted by molar-refractivity contribution is 0.639. The van der Waals surface area contributed by atoms with Crippen molar-refractivity contribution in [2.75, 3.05) is 23.4 Å². The highest BCUT2D eigenvalue weighted by atomic mass is 15.3. The van der Waals surface area contributed by atoms with Gasteiger partial charge >= 0.3 is 0 Å². The van der Waals surface area contributed by atoms with Gasteiger partial charge in [0.2, 0.25) is 0 Å². The maximum absolute atomic E-state index is 6.11. The summed E-state index contributed by atoms with van der Waals surface area (Å²) >= 11 is 0. The zero-order chi connectivity index (χ0) is 18.8. The first-order valence-electron chi connectivity index (χ1n) is 8.96. The molecule has 8 heteroatoms. The molecule has 0 bridgehead atoms. The molecule has 0 atom stereocenters. The first-order valence-corrected chi connectivity index (χ1v) is 8.96. The zero-order valence-electron chi connectivity index (χ0n) is 15.1. The van der Waals surface area contributed by atoms with Crippen LogP contribution in [0.4, 0.5) is 17.3 Å². The Kier molecular flexibility index (Phi) is 4.66. The van der Waals surface area contributed by atoms with E-state index in [1.165, 1.54) is 16.7 Å². The van der Waals surface area contributed by atoms with Crippen molar-refractivity contribution >= 4 is 17.3 Å². The van der Waals surface area contributed by atoms with Crippen LogP contribution in [0, 0.1) is 0 Å². The number of benzene rings is 1. The number of hydrogen-bond acceptors (Lipinski definition) is 7. The van der Waals surface area contributed by atoms with Crippen molar-refractivity contribution < 1.29 is 0 Å². The first kappa shape index (κ1) is 17.3. The van der Waals surface area contributed by atoms with Gasteiger partial charge in [-0.25, -0.2) is 10.8 Å². The molecule has 27 heavy (non-hydrogen) atoms. The van der Waals surface area contributed by atoms with Gasteiger partial charge in [0.15, 0.2) is 5.82 Å². The van der Waals surface area contributed by atoms with Crippen LogP contribution in [0.3, 0.4) is 0 Å². The molecule has 3 heterocycles. The molecule has 1 aromatic carbocycles. The molecule has 0 aliphatic carbocycles. The van der Waals surface area contributed by atoms with E-state index >= 15 is 0 Å². The monoisotopic (exact) mass is 364 g/mol. The molecule has 0 saturated carbocycles. The lowest BCUT2D eigenvalue weighted by atomic mass is 9.98. The summed E-state index contributed by atoms with van der Waals surface area (Å²) in [5.41, 5.74) is 20.9. The summed E-state index contributed by atoms with van der Waals surface area (Å²) in [6.45, 7) is 2.74. The molecule has 4 rings (SSSR count). The number of hydrogen-bond donors (Lipinski definition) is 5. The normalized spacial score (nSPS) is 13.4. The van der Waals surface area contributed by atoms with Gasteiger partial charge in [-0.1, -0.05) is 18.2 Å². The van der Waals surface area contributed by atoms with Gasteiger partial charge < -0.3 is 22.2 Å². The predicted octanol–water partition coefficient (Wildman–Crippen LogP) is 1.01.